The van der Waals surface area contributed by atoms with Gasteiger partial charge in [0.05, 0.1) is 13.2 Å². The Morgan fingerprint density at radius 2 is 2.30 bits per heavy atom. The molecule has 2 rings (SSSR count). The molecule has 1 aromatic rings. The number of para-hydroxylation sites is 1. The van der Waals surface area contributed by atoms with Crippen LogP contribution in [0.4, 0.5) is 0 Å². The standard InChI is InChI=1S/C16H25NO3/c1-3-20-15-8-4-7-14(16(15)18)11-17(2)10-13-6-5-9-19-12-13/h4,7-8,13,18H,3,5-6,9-12H2,1-2H3. The zero-order valence-corrected chi connectivity index (χ0v) is 12.5. The molecule has 1 atom stereocenters. The topological polar surface area (TPSA) is 41.9 Å². The molecule has 1 saturated heterocycles. The van der Waals surface area contributed by atoms with Crippen LogP contribution in [0.1, 0.15) is 25.3 Å². The summed E-state index contributed by atoms with van der Waals surface area (Å²) in [5.74, 6) is 1.44. The summed E-state index contributed by atoms with van der Waals surface area (Å²) in [5.41, 5.74) is 0.912. The van der Waals surface area contributed by atoms with Crippen molar-refractivity contribution in [2.24, 2.45) is 5.92 Å². The Kier molecular flexibility index (Phi) is 5.68. The molecular formula is C16H25NO3. The van der Waals surface area contributed by atoms with E-state index >= 15 is 0 Å². The highest BCUT2D eigenvalue weighted by Gasteiger charge is 2.17. The normalized spacial score (nSPS) is 19.2. The average Bonchev–Trinajstić information content (AvgIpc) is 2.44. The second-order valence-electron chi connectivity index (χ2n) is 5.48. The van der Waals surface area contributed by atoms with Crippen LogP contribution in [0.25, 0.3) is 0 Å². The number of phenols is 1. The zero-order chi connectivity index (χ0) is 14.4. The predicted octanol–water partition coefficient (Wildman–Crippen LogP) is 2.65. The summed E-state index contributed by atoms with van der Waals surface area (Å²) in [6.45, 7) is 5.96. The molecule has 1 aliphatic heterocycles. The van der Waals surface area contributed by atoms with E-state index in [1.54, 1.807) is 6.07 Å². The minimum atomic E-state index is 0.265. The van der Waals surface area contributed by atoms with Gasteiger partial charge in [0.2, 0.25) is 0 Å². The van der Waals surface area contributed by atoms with Gasteiger partial charge in [-0.2, -0.15) is 0 Å². The lowest BCUT2D eigenvalue weighted by Crippen LogP contribution is -2.30. The number of hydrogen-bond acceptors (Lipinski definition) is 4. The van der Waals surface area contributed by atoms with Gasteiger partial charge in [-0.15, -0.1) is 0 Å². The molecule has 0 aromatic heterocycles. The van der Waals surface area contributed by atoms with Crippen LogP contribution in [-0.4, -0.2) is 43.4 Å². The molecule has 0 aliphatic carbocycles. The average molecular weight is 279 g/mol. The van der Waals surface area contributed by atoms with Crippen molar-refractivity contribution in [3.05, 3.63) is 23.8 Å². The predicted molar refractivity (Wildman–Crippen MR) is 79.2 cm³/mol. The highest BCUT2D eigenvalue weighted by molar-refractivity contribution is 5.45. The SMILES string of the molecule is CCOc1cccc(CN(C)CC2CCCOC2)c1O. The van der Waals surface area contributed by atoms with Crippen molar-refractivity contribution in [2.45, 2.75) is 26.3 Å². The smallest absolute Gasteiger partial charge is 0.162 e. The Morgan fingerprint density at radius 3 is 3.00 bits per heavy atom. The fourth-order valence-corrected chi connectivity index (χ4v) is 2.71. The fourth-order valence-electron chi connectivity index (χ4n) is 2.71. The largest absolute Gasteiger partial charge is 0.504 e. The van der Waals surface area contributed by atoms with Crippen molar-refractivity contribution in [3.8, 4) is 11.5 Å². The van der Waals surface area contributed by atoms with Gasteiger partial charge in [0, 0.05) is 25.3 Å². The van der Waals surface area contributed by atoms with Gasteiger partial charge < -0.3 is 19.5 Å². The van der Waals surface area contributed by atoms with E-state index in [1.807, 2.05) is 19.1 Å². The van der Waals surface area contributed by atoms with E-state index in [0.29, 0.717) is 18.3 Å². The van der Waals surface area contributed by atoms with Gasteiger partial charge >= 0.3 is 0 Å². The Morgan fingerprint density at radius 1 is 1.45 bits per heavy atom. The quantitative estimate of drug-likeness (QED) is 0.869. The molecule has 4 nitrogen and oxygen atoms in total. The van der Waals surface area contributed by atoms with E-state index in [4.69, 9.17) is 9.47 Å². The van der Waals surface area contributed by atoms with Crippen LogP contribution in [0.15, 0.2) is 18.2 Å². The van der Waals surface area contributed by atoms with E-state index in [1.165, 1.54) is 6.42 Å². The van der Waals surface area contributed by atoms with Gasteiger partial charge in [0.15, 0.2) is 11.5 Å². The molecule has 1 unspecified atom stereocenters. The zero-order valence-electron chi connectivity index (χ0n) is 12.5. The van der Waals surface area contributed by atoms with Crippen LogP contribution in [0, 0.1) is 5.92 Å². The molecule has 1 heterocycles. The van der Waals surface area contributed by atoms with Gasteiger partial charge in [0.25, 0.3) is 0 Å². The maximum atomic E-state index is 10.2. The monoisotopic (exact) mass is 279 g/mol. The molecule has 4 heteroatoms. The van der Waals surface area contributed by atoms with E-state index in [9.17, 15) is 5.11 Å². The van der Waals surface area contributed by atoms with Crippen molar-refractivity contribution in [2.75, 3.05) is 33.4 Å². The minimum Gasteiger partial charge on any atom is -0.504 e. The molecule has 0 saturated carbocycles. The third kappa shape index (κ3) is 4.12. The first kappa shape index (κ1) is 15.1. The molecule has 0 spiro atoms. The van der Waals surface area contributed by atoms with Gasteiger partial charge in [-0.05, 0) is 38.8 Å². The van der Waals surface area contributed by atoms with Gasteiger partial charge in [0.1, 0.15) is 0 Å². The first-order valence-electron chi connectivity index (χ1n) is 7.40. The maximum absolute atomic E-state index is 10.2. The molecule has 0 bridgehead atoms. The van der Waals surface area contributed by atoms with Crippen molar-refractivity contribution >= 4 is 0 Å². The molecule has 112 valence electrons. The first-order valence-corrected chi connectivity index (χ1v) is 7.40. The van der Waals surface area contributed by atoms with E-state index in [0.717, 1.165) is 38.3 Å². The second kappa shape index (κ2) is 7.50. The number of benzene rings is 1. The third-order valence-electron chi connectivity index (χ3n) is 3.65. The van der Waals surface area contributed by atoms with E-state index < -0.39 is 0 Å². The Bertz CT molecular complexity index is 416. The van der Waals surface area contributed by atoms with Crippen LogP contribution in [0.3, 0.4) is 0 Å². The van der Waals surface area contributed by atoms with Gasteiger partial charge in [-0.3, -0.25) is 0 Å². The van der Waals surface area contributed by atoms with Crippen LogP contribution in [-0.2, 0) is 11.3 Å². The maximum Gasteiger partial charge on any atom is 0.162 e. The molecular weight excluding hydrogens is 254 g/mol. The van der Waals surface area contributed by atoms with E-state index in [2.05, 4.69) is 11.9 Å². The summed E-state index contributed by atoms with van der Waals surface area (Å²) >= 11 is 0. The molecule has 1 aromatic carbocycles. The van der Waals surface area contributed by atoms with Crippen molar-refractivity contribution in [1.82, 2.24) is 4.90 Å². The van der Waals surface area contributed by atoms with Crippen LogP contribution in [0.2, 0.25) is 0 Å². The van der Waals surface area contributed by atoms with Crippen LogP contribution < -0.4 is 4.74 Å². The summed E-state index contributed by atoms with van der Waals surface area (Å²) in [5, 5.41) is 10.2. The number of ether oxygens (including phenoxy) is 2. The summed E-state index contributed by atoms with van der Waals surface area (Å²) < 4.78 is 10.9. The molecule has 0 radical (unpaired) electrons. The van der Waals surface area contributed by atoms with Gasteiger partial charge in [-0.25, -0.2) is 0 Å². The molecule has 1 fully saturated rings. The summed E-state index contributed by atoms with van der Waals surface area (Å²) in [7, 11) is 2.08. The lowest BCUT2D eigenvalue weighted by molar-refractivity contribution is 0.0410. The third-order valence-corrected chi connectivity index (χ3v) is 3.65. The Labute approximate surface area is 121 Å². The molecule has 0 amide bonds. The van der Waals surface area contributed by atoms with Crippen molar-refractivity contribution in [1.29, 1.82) is 0 Å². The highest BCUT2D eigenvalue weighted by Crippen LogP contribution is 2.30. The van der Waals surface area contributed by atoms with Crippen molar-refractivity contribution in [3.63, 3.8) is 0 Å². The summed E-state index contributed by atoms with van der Waals surface area (Å²) in [6.07, 6.45) is 2.39. The molecule has 1 N–H and O–H groups in total. The number of phenolic OH excluding ortho intramolecular Hbond substituents is 1. The lowest BCUT2D eigenvalue weighted by atomic mass is 10.0. The number of nitrogens with zero attached hydrogens (tertiary/aromatic N) is 1. The number of rotatable bonds is 6. The van der Waals surface area contributed by atoms with Crippen LogP contribution >= 0.6 is 0 Å². The number of hydrogen-bond donors (Lipinski definition) is 1. The molecule has 1 aliphatic rings. The first-order chi connectivity index (χ1) is 9.70. The summed E-state index contributed by atoms with van der Waals surface area (Å²) in [6, 6.07) is 5.68. The fraction of sp³-hybridized carbons (Fsp3) is 0.625. The Hall–Kier alpha value is -1.26. The summed E-state index contributed by atoms with van der Waals surface area (Å²) in [4.78, 5) is 2.24. The molecule has 20 heavy (non-hydrogen) atoms. The number of aromatic hydroxyl groups is 1. The lowest BCUT2D eigenvalue weighted by Gasteiger charge is -2.27. The second-order valence-corrected chi connectivity index (χ2v) is 5.48. The van der Waals surface area contributed by atoms with Crippen molar-refractivity contribution < 1.29 is 14.6 Å². The minimum absolute atomic E-state index is 0.265. The Balaban J connectivity index is 1.93. The van der Waals surface area contributed by atoms with Crippen LogP contribution in [0.5, 0.6) is 11.5 Å². The van der Waals surface area contributed by atoms with Gasteiger partial charge in [-0.1, -0.05) is 12.1 Å². The highest BCUT2D eigenvalue weighted by atomic mass is 16.5. The van der Waals surface area contributed by atoms with E-state index in [-0.39, 0.29) is 5.75 Å².